The van der Waals surface area contributed by atoms with Crippen molar-refractivity contribution in [3.8, 4) is 5.75 Å². The zero-order valence-corrected chi connectivity index (χ0v) is 10.7. The molecule has 1 aliphatic heterocycles. The molecule has 0 fully saturated rings. The van der Waals surface area contributed by atoms with Crippen LogP contribution < -0.4 is 4.74 Å². The van der Waals surface area contributed by atoms with Gasteiger partial charge >= 0.3 is 0 Å². The van der Waals surface area contributed by atoms with Crippen LogP contribution in [-0.4, -0.2) is 30.4 Å². The molecule has 0 saturated carbocycles. The fraction of sp³-hybridized carbons (Fsp3) is 0.200. The van der Waals surface area contributed by atoms with Crippen molar-refractivity contribution in [2.45, 2.75) is 6.42 Å². The maximum Gasteiger partial charge on any atom is 0.253 e. The van der Waals surface area contributed by atoms with Gasteiger partial charge in [-0.2, -0.15) is 0 Å². The average molecular weight is 257 g/mol. The van der Waals surface area contributed by atoms with Gasteiger partial charge in [-0.3, -0.25) is 14.5 Å². The van der Waals surface area contributed by atoms with Crippen molar-refractivity contribution in [1.29, 1.82) is 0 Å². The van der Waals surface area contributed by atoms with E-state index in [2.05, 4.69) is 0 Å². The van der Waals surface area contributed by atoms with E-state index in [9.17, 15) is 9.59 Å². The van der Waals surface area contributed by atoms with Crippen LogP contribution in [0.3, 0.4) is 0 Å². The van der Waals surface area contributed by atoms with E-state index in [0.29, 0.717) is 13.0 Å². The monoisotopic (exact) mass is 257 g/mol. The zero-order valence-electron chi connectivity index (χ0n) is 10.7. The van der Waals surface area contributed by atoms with Crippen LogP contribution in [-0.2, 0) is 9.59 Å². The highest BCUT2D eigenvalue weighted by Gasteiger charge is 2.18. The number of methoxy groups -OCH3 is 1. The van der Waals surface area contributed by atoms with Crippen molar-refractivity contribution in [2.75, 3.05) is 13.7 Å². The largest absolute Gasteiger partial charge is 0.497 e. The molecule has 2 amide bonds. The molecule has 4 nitrogen and oxygen atoms in total. The Bertz CT molecular complexity index is 529. The second-order valence-electron chi connectivity index (χ2n) is 4.13. The summed E-state index contributed by atoms with van der Waals surface area (Å²) in [6.45, 7) is 0.446. The lowest BCUT2D eigenvalue weighted by Crippen LogP contribution is -2.37. The maximum absolute atomic E-state index is 11.9. The van der Waals surface area contributed by atoms with Crippen LogP contribution in [0.25, 0.3) is 6.08 Å². The molecule has 0 bridgehead atoms. The molecule has 2 rings (SSSR count). The van der Waals surface area contributed by atoms with Crippen LogP contribution in [0.15, 0.2) is 42.5 Å². The van der Waals surface area contributed by atoms with Crippen LogP contribution >= 0.6 is 0 Å². The molecule has 0 spiro atoms. The quantitative estimate of drug-likeness (QED) is 0.778. The molecule has 0 aromatic heterocycles. The molecule has 0 saturated heterocycles. The van der Waals surface area contributed by atoms with Gasteiger partial charge in [-0.05, 0) is 36.3 Å². The van der Waals surface area contributed by atoms with Crippen molar-refractivity contribution in [1.82, 2.24) is 4.90 Å². The first-order valence-corrected chi connectivity index (χ1v) is 6.05. The third-order valence-electron chi connectivity index (χ3n) is 2.85. The molecule has 19 heavy (non-hydrogen) atoms. The number of ether oxygens (including phenoxy) is 1. The number of rotatable bonds is 3. The molecule has 0 unspecified atom stereocenters. The minimum absolute atomic E-state index is 0.254. The number of benzene rings is 1. The zero-order chi connectivity index (χ0) is 13.7. The molecule has 1 aromatic carbocycles. The normalized spacial score (nSPS) is 15.0. The minimum Gasteiger partial charge on any atom is -0.497 e. The van der Waals surface area contributed by atoms with E-state index in [1.165, 1.54) is 17.1 Å². The Hall–Kier alpha value is -2.36. The van der Waals surface area contributed by atoms with Crippen LogP contribution in [0.5, 0.6) is 5.75 Å². The first-order valence-electron chi connectivity index (χ1n) is 6.05. The van der Waals surface area contributed by atoms with Gasteiger partial charge < -0.3 is 4.74 Å². The van der Waals surface area contributed by atoms with Crippen molar-refractivity contribution in [3.63, 3.8) is 0 Å². The molecular formula is C15H15NO3. The Labute approximate surface area is 112 Å². The highest BCUT2D eigenvalue weighted by atomic mass is 16.5. The molecule has 4 heteroatoms. The Morgan fingerprint density at radius 3 is 2.68 bits per heavy atom. The van der Waals surface area contributed by atoms with Crippen molar-refractivity contribution < 1.29 is 14.3 Å². The van der Waals surface area contributed by atoms with Crippen molar-refractivity contribution in [2.24, 2.45) is 0 Å². The van der Waals surface area contributed by atoms with Gasteiger partial charge in [-0.25, -0.2) is 0 Å². The van der Waals surface area contributed by atoms with E-state index in [0.717, 1.165) is 11.3 Å². The minimum atomic E-state index is -0.287. The van der Waals surface area contributed by atoms with Gasteiger partial charge in [0.05, 0.1) is 7.11 Å². The lowest BCUT2D eigenvalue weighted by molar-refractivity contribution is -0.139. The molecule has 0 atom stereocenters. The molecule has 0 N–H and O–H groups in total. The van der Waals surface area contributed by atoms with Gasteiger partial charge in [0.1, 0.15) is 5.75 Å². The highest BCUT2D eigenvalue weighted by Crippen LogP contribution is 2.12. The molecular weight excluding hydrogens is 242 g/mol. The fourth-order valence-electron chi connectivity index (χ4n) is 1.78. The summed E-state index contributed by atoms with van der Waals surface area (Å²) in [7, 11) is 1.60. The first kappa shape index (κ1) is 13.1. The standard InChI is InChI=1S/C15H15NO3/c1-19-13-8-5-12(6-9-13)7-10-15(18)16-11-3-2-4-14(16)17/h2,4-10H,3,11H2,1H3/b10-7+. The van der Waals surface area contributed by atoms with E-state index in [4.69, 9.17) is 4.74 Å². The summed E-state index contributed by atoms with van der Waals surface area (Å²) >= 11 is 0. The third kappa shape index (κ3) is 3.31. The SMILES string of the molecule is COc1ccc(/C=C/C(=O)N2CCC=CC2=O)cc1. The predicted molar refractivity (Wildman–Crippen MR) is 72.5 cm³/mol. The van der Waals surface area contributed by atoms with Gasteiger partial charge in [0.15, 0.2) is 0 Å². The van der Waals surface area contributed by atoms with Crippen LogP contribution in [0.1, 0.15) is 12.0 Å². The molecule has 1 aromatic rings. The van der Waals surface area contributed by atoms with E-state index in [-0.39, 0.29) is 11.8 Å². The molecule has 1 aliphatic rings. The average Bonchev–Trinajstić information content (AvgIpc) is 2.46. The Morgan fingerprint density at radius 1 is 1.32 bits per heavy atom. The van der Waals surface area contributed by atoms with Crippen molar-refractivity contribution in [3.05, 3.63) is 48.1 Å². The number of imide groups is 1. The first-order chi connectivity index (χ1) is 9.20. The van der Waals surface area contributed by atoms with Gasteiger partial charge in [0, 0.05) is 12.6 Å². The Morgan fingerprint density at radius 2 is 2.05 bits per heavy atom. The lowest BCUT2D eigenvalue weighted by atomic mass is 10.2. The molecule has 98 valence electrons. The molecule has 1 heterocycles. The maximum atomic E-state index is 11.9. The Kier molecular flexibility index (Phi) is 4.13. The van der Waals surface area contributed by atoms with Crippen LogP contribution in [0.2, 0.25) is 0 Å². The number of carbonyl (C=O) groups is 2. The number of hydrogen-bond acceptors (Lipinski definition) is 3. The van der Waals surface area contributed by atoms with Crippen LogP contribution in [0.4, 0.5) is 0 Å². The number of amides is 2. The highest BCUT2D eigenvalue weighted by molar-refractivity contribution is 6.06. The lowest BCUT2D eigenvalue weighted by Gasteiger charge is -2.19. The Balaban J connectivity index is 2.03. The molecule has 0 radical (unpaired) electrons. The topological polar surface area (TPSA) is 46.6 Å². The third-order valence-corrected chi connectivity index (χ3v) is 2.85. The van der Waals surface area contributed by atoms with E-state index < -0.39 is 0 Å². The smallest absolute Gasteiger partial charge is 0.253 e. The summed E-state index contributed by atoms with van der Waals surface area (Å²) < 4.78 is 5.05. The number of carbonyl (C=O) groups excluding carboxylic acids is 2. The predicted octanol–water partition coefficient (Wildman–Crippen LogP) is 2.02. The number of hydrogen-bond donors (Lipinski definition) is 0. The summed E-state index contributed by atoms with van der Waals surface area (Å²) in [5, 5.41) is 0. The fourth-order valence-corrected chi connectivity index (χ4v) is 1.78. The number of nitrogens with zero attached hydrogens (tertiary/aromatic N) is 1. The van der Waals surface area contributed by atoms with Crippen LogP contribution in [0, 0.1) is 0 Å². The van der Waals surface area contributed by atoms with E-state index >= 15 is 0 Å². The summed E-state index contributed by atoms with van der Waals surface area (Å²) in [5.74, 6) is 0.223. The second kappa shape index (κ2) is 6.00. The summed E-state index contributed by atoms with van der Waals surface area (Å²) in [6.07, 6.45) is 7.03. The summed E-state index contributed by atoms with van der Waals surface area (Å²) in [4.78, 5) is 24.6. The second-order valence-corrected chi connectivity index (χ2v) is 4.13. The van der Waals surface area contributed by atoms with E-state index in [1.54, 1.807) is 19.3 Å². The van der Waals surface area contributed by atoms with Gasteiger partial charge in [0.25, 0.3) is 11.8 Å². The molecule has 0 aliphatic carbocycles. The van der Waals surface area contributed by atoms with E-state index in [1.807, 2.05) is 24.3 Å². The van der Waals surface area contributed by atoms with Gasteiger partial charge in [-0.15, -0.1) is 0 Å². The van der Waals surface area contributed by atoms with Gasteiger partial charge in [-0.1, -0.05) is 18.2 Å². The summed E-state index contributed by atoms with van der Waals surface area (Å²) in [5.41, 5.74) is 0.883. The summed E-state index contributed by atoms with van der Waals surface area (Å²) in [6, 6.07) is 7.33. The van der Waals surface area contributed by atoms with Crippen molar-refractivity contribution >= 4 is 17.9 Å². The van der Waals surface area contributed by atoms with Gasteiger partial charge in [0.2, 0.25) is 0 Å².